The molecule has 1 amide bonds. The molecule has 1 aromatic carbocycles. The van der Waals surface area contributed by atoms with Gasteiger partial charge >= 0.3 is 0 Å². The summed E-state index contributed by atoms with van der Waals surface area (Å²) in [6, 6.07) is 8.23. The van der Waals surface area contributed by atoms with E-state index in [1.807, 2.05) is 24.3 Å². The number of nitrogens with one attached hydrogen (secondary N) is 1. The third kappa shape index (κ3) is 4.55. The molecule has 2 rings (SSSR count). The first-order valence-corrected chi connectivity index (χ1v) is 8.21. The van der Waals surface area contributed by atoms with Crippen molar-refractivity contribution < 1.29 is 9.53 Å². The molecular formula is C18H28N2O2. The topological polar surface area (TPSA) is 41.6 Å². The molecule has 22 heavy (non-hydrogen) atoms. The van der Waals surface area contributed by atoms with Crippen LogP contribution in [0.25, 0.3) is 0 Å². The second-order valence-electron chi connectivity index (χ2n) is 6.40. The maximum absolute atomic E-state index is 12.4. The normalized spacial score (nSPS) is 19.4. The Kier molecular flexibility index (Phi) is 6.40. The molecule has 4 nitrogen and oxygen atoms in total. The Bertz CT molecular complexity index is 488. The molecule has 1 aromatic rings. The van der Waals surface area contributed by atoms with E-state index in [1.54, 1.807) is 7.11 Å². The van der Waals surface area contributed by atoms with Gasteiger partial charge in [0.1, 0.15) is 0 Å². The Labute approximate surface area is 133 Å². The number of benzene rings is 1. The van der Waals surface area contributed by atoms with Crippen LogP contribution >= 0.6 is 0 Å². The van der Waals surface area contributed by atoms with Crippen molar-refractivity contribution in [3.05, 3.63) is 35.4 Å². The summed E-state index contributed by atoms with van der Waals surface area (Å²) >= 11 is 0. The number of carbonyl (C=O) groups is 1. The molecule has 122 valence electrons. The van der Waals surface area contributed by atoms with E-state index in [1.165, 1.54) is 19.4 Å². The summed E-state index contributed by atoms with van der Waals surface area (Å²) in [6.45, 7) is 7.96. The van der Waals surface area contributed by atoms with Gasteiger partial charge in [0.2, 0.25) is 0 Å². The van der Waals surface area contributed by atoms with Gasteiger partial charge in [0.05, 0.1) is 6.61 Å². The number of ether oxygens (including phenoxy) is 1. The fraction of sp³-hybridized carbons (Fsp3) is 0.611. The van der Waals surface area contributed by atoms with Crippen LogP contribution in [-0.2, 0) is 11.3 Å². The Hall–Kier alpha value is -1.39. The summed E-state index contributed by atoms with van der Waals surface area (Å²) in [6.07, 6.45) is 2.42. The highest BCUT2D eigenvalue weighted by Crippen LogP contribution is 2.18. The van der Waals surface area contributed by atoms with Gasteiger partial charge in [-0.1, -0.05) is 18.2 Å². The van der Waals surface area contributed by atoms with Gasteiger partial charge in [-0.25, -0.2) is 0 Å². The number of rotatable bonds is 6. The lowest BCUT2D eigenvalue weighted by Crippen LogP contribution is -2.43. The van der Waals surface area contributed by atoms with Crippen LogP contribution < -0.4 is 5.32 Å². The Balaban J connectivity index is 1.90. The van der Waals surface area contributed by atoms with Crippen molar-refractivity contribution >= 4 is 5.91 Å². The molecule has 1 heterocycles. The first kappa shape index (κ1) is 17.0. The van der Waals surface area contributed by atoms with Crippen molar-refractivity contribution in [3.8, 4) is 0 Å². The standard InChI is InChI=1S/C18H28N2O2/c1-14(2)20-10-6-7-15(12-20)11-19-18(21)17-9-5-4-8-16(17)13-22-3/h4-5,8-9,14-15H,6-7,10-13H2,1-3H3,(H,19,21). The molecule has 1 unspecified atom stereocenters. The van der Waals surface area contributed by atoms with Gasteiger partial charge in [0.25, 0.3) is 5.91 Å². The van der Waals surface area contributed by atoms with E-state index in [9.17, 15) is 4.79 Å². The predicted molar refractivity (Wildman–Crippen MR) is 88.9 cm³/mol. The summed E-state index contributed by atoms with van der Waals surface area (Å²) in [5, 5.41) is 3.11. The Morgan fingerprint density at radius 2 is 2.18 bits per heavy atom. The number of hydrogen-bond donors (Lipinski definition) is 1. The minimum Gasteiger partial charge on any atom is -0.380 e. The van der Waals surface area contributed by atoms with Crippen LogP contribution in [0, 0.1) is 5.92 Å². The molecule has 4 heteroatoms. The Morgan fingerprint density at radius 1 is 1.41 bits per heavy atom. The van der Waals surface area contributed by atoms with E-state index >= 15 is 0 Å². The highest BCUT2D eigenvalue weighted by atomic mass is 16.5. The zero-order chi connectivity index (χ0) is 15.9. The second kappa shape index (κ2) is 8.30. The molecule has 0 spiro atoms. The predicted octanol–water partition coefficient (Wildman–Crippen LogP) is 2.68. The van der Waals surface area contributed by atoms with Gasteiger partial charge in [-0.3, -0.25) is 4.79 Å². The zero-order valence-electron chi connectivity index (χ0n) is 14.0. The molecule has 1 atom stereocenters. The van der Waals surface area contributed by atoms with E-state index < -0.39 is 0 Å². The van der Waals surface area contributed by atoms with Gasteiger partial charge < -0.3 is 15.0 Å². The molecule has 1 aliphatic heterocycles. The van der Waals surface area contributed by atoms with E-state index in [-0.39, 0.29) is 5.91 Å². The molecular weight excluding hydrogens is 276 g/mol. The van der Waals surface area contributed by atoms with E-state index in [4.69, 9.17) is 4.74 Å². The largest absolute Gasteiger partial charge is 0.380 e. The molecule has 0 saturated carbocycles. The van der Waals surface area contributed by atoms with Crippen molar-refractivity contribution in [1.82, 2.24) is 10.2 Å². The third-order valence-electron chi connectivity index (χ3n) is 4.39. The molecule has 0 radical (unpaired) electrons. The lowest BCUT2D eigenvalue weighted by atomic mass is 9.96. The van der Waals surface area contributed by atoms with Crippen molar-refractivity contribution in [1.29, 1.82) is 0 Å². The van der Waals surface area contributed by atoms with Crippen LogP contribution in [0.5, 0.6) is 0 Å². The average Bonchev–Trinajstić information content (AvgIpc) is 2.53. The smallest absolute Gasteiger partial charge is 0.251 e. The van der Waals surface area contributed by atoms with Crippen molar-refractivity contribution in [2.24, 2.45) is 5.92 Å². The van der Waals surface area contributed by atoms with Crippen molar-refractivity contribution in [3.63, 3.8) is 0 Å². The minimum atomic E-state index is 0.00863. The highest BCUT2D eigenvalue weighted by molar-refractivity contribution is 5.95. The number of amides is 1. The summed E-state index contributed by atoms with van der Waals surface area (Å²) in [4.78, 5) is 14.9. The fourth-order valence-corrected chi connectivity index (χ4v) is 3.09. The lowest BCUT2D eigenvalue weighted by Gasteiger charge is -2.35. The van der Waals surface area contributed by atoms with Crippen LogP contribution in [0.3, 0.4) is 0 Å². The van der Waals surface area contributed by atoms with E-state index in [2.05, 4.69) is 24.1 Å². The van der Waals surface area contributed by atoms with Gasteiger partial charge in [-0.15, -0.1) is 0 Å². The summed E-state index contributed by atoms with van der Waals surface area (Å²) in [5.41, 5.74) is 1.66. The molecule has 1 fully saturated rings. The van der Waals surface area contributed by atoms with Crippen LogP contribution in [0.2, 0.25) is 0 Å². The van der Waals surface area contributed by atoms with Gasteiger partial charge in [0.15, 0.2) is 0 Å². The third-order valence-corrected chi connectivity index (χ3v) is 4.39. The van der Waals surface area contributed by atoms with Crippen molar-refractivity contribution in [2.45, 2.75) is 39.3 Å². The minimum absolute atomic E-state index is 0.00863. The number of carbonyl (C=O) groups excluding carboxylic acids is 1. The van der Waals surface area contributed by atoms with E-state index in [0.717, 1.165) is 24.2 Å². The number of likely N-dealkylation sites (tertiary alicyclic amines) is 1. The number of piperidine rings is 1. The highest BCUT2D eigenvalue weighted by Gasteiger charge is 2.22. The quantitative estimate of drug-likeness (QED) is 0.878. The summed E-state index contributed by atoms with van der Waals surface area (Å²) < 4.78 is 5.17. The zero-order valence-corrected chi connectivity index (χ0v) is 14.0. The second-order valence-corrected chi connectivity index (χ2v) is 6.40. The number of methoxy groups -OCH3 is 1. The van der Waals surface area contributed by atoms with Crippen molar-refractivity contribution in [2.75, 3.05) is 26.7 Å². The van der Waals surface area contributed by atoms with Crippen LogP contribution in [0.4, 0.5) is 0 Å². The van der Waals surface area contributed by atoms with Gasteiger partial charge in [-0.05, 0) is 50.8 Å². The van der Waals surface area contributed by atoms with Crippen LogP contribution in [0.1, 0.15) is 42.6 Å². The monoisotopic (exact) mass is 304 g/mol. The van der Waals surface area contributed by atoms with E-state index in [0.29, 0.717) is 18.6 Å². The molecule has 1 aliphatic rings. The summed E-state index contributed by atoms with van der Waals surface area (Å²) in [7, 11) is 1.65. The molecule has 1 saturated heterocycles. The van der Waals surface area contributed by atoms with Gasteiger partial charge in [-0.2, -0.15) is 0 Å². The summed E-state index contributed by atoms with van der Waals surface area (Å²) in [5.74, 6) is 0.559. The fourth-order valence-electron chi connectivity index (χ4n) is 3.09. The number of nitrogens with zero attached hydrogens (tertiary/aromatic N) is 1. The maximum atomic E-state index is 12.4. The first-order chi connectivity index (χ1) is 10.6. The molecule has 1 N–H and O–H groups in total. The van der Waals surface area contributed by atoms with Gasteiger partial charge in [0, 0.05) is 31.8 Å². The van der Waals surface area contributed by atoms with Crippen LogP contribution in [0.15, 0.2) is 24.3 Å². The molecule has 0 bridgehead atoms. The number of hydrogen-bond acceptors (Lipinski definition) is 3. The maximum Gasteiger partial charge on any atom is 0.251 e. The van der Waals surface area contributed by atoms with Crippen LogP contribution in [-0.4, -0.2) is 43.6 Å². The average molecular weight is 304 g/mol. The molecule has 0 aliphatic carbocycles. The molecule has 0 aromatic heterocycles. The lowest BCUT2D eigenvalue weighted by molar-refractivity contribution is 0.0918. The SMILES string of the molecule is COCc1ccccc1C(=O)NCC1CCCN(C(C)C)C1. The Morgan fingerprint density at radius 3 is 2.91 bits per heavy atom. The first-order valence-electron chi connectivity index (χ1n) is 8.21.